The number of carbonyl (C=O) groups excluding carboxylic acids is 1. The maximum atomic E-state index is 11.9. The van der Waals surface area contributed by atoms with E-state index in [4.69, 9.17) is 28.6 Å². The molecule has 0 heterocycles. The van der Waals surface area contributed by atoms with Gasteiger partial charge in [0.05, 0.1) is 6.61 Å². The quantitative estimate of drug-likeness (QED) is 0.488. The molecule has 0 saturated heterocycles. The Hall–Kier alpha value is -2.37. The van der Waals surface area contributed by atoms with Gasteiger partial charge in [0.2, 0.25) is 5.91 Å². The van der Waals surface area contributed by atoms with Gasteiger partial charge in [0.25, 0.3) is 0 Å². The van der Waals surface area contributed by atoms with Crippen LogP contribution in [0.4, 0.5) is 5.69 Å². The van der Waals surface area contributed by atoms with Crippen molar-refractivity contribution >= 4 is 46.6 Å². The second-order valence-corrected chi connectivity index (χ2v) is 7.23. The van der Waals surface area contributed by atoms with Gasteiger partial charge in [-0.2, -0.15) is 0 Å². The van der Waals surface area contributed by atoms with Crippen molar-refractivity contribution in [2.75, 3.05) is 11.9 Å². The number of amides is 1. The molecule has 0 aliphatic heterocycles. The Kier molecular flexibility index (Phi) is 8.30. The van der Waals surface area contributed by atoms with Crippen molar-refractivity contribution in [3.63, 3.8) is 0 Å². The SMILES string of the molecule is CC(C)CCOc1ccc(NC(=S)NC(=O)/C=C/c2ccc(Cl)cc2)cc1. The van der Waals surface area contributed by atoms with Crippen LogP contribution in [0, 0.1) is 5.92 Å². The smallest absolute Gasteiger partial charge is 0.250 e. The first kappa shape index (κ1) is 20.9. The highest BCUT2D eigenvalue weighted by Gasteiger charge is 2.03. The summed E-state index contributed by atoms with van der Waals surface area (Å²) in [5.74, 6) is 1.11. The topological polar surface area (TPSA) is 50.4 Å². The molecule has 0 atom stereocenters. The van der Waals surface area contributed by atoms with Gasteiger partial charge in [-0.3, -0.25) is 10.1 Å². The average molecular weight is 403 g/mol. The van der Waals surface area contributed by atoms with Crippen LogP contribution in [0.15, 0.2) is 54.6 Å². The molecule has 0 spiro atoms. The first-order valence-electron chi connectivity index (χ1n) is 8.71. The fourth-order valence-electron chi connectivity index (χ4n) is 2.11. The molecular weight excluding hydrogens is 380 g/mol. The van der Waals surface area contributed by atoms with Gasteiger partial charge in [-0.15, -0.1) is 0 Å². The summed E-state index contributed by atoms with van der Waals surface area (Å²) in [6.07, 6.45) is 4.13. The summed E-state index contributed by atoms with van der Waals surface area (Å²) in [4.78, 5) is 11.9. The van der Waals surface area contributed by atoms with Crippen LogP contribution < -0.4 is 15.4 Å². The maximum absolute atomic E-state index is 11.9. The van der Waals surface area contributed by atoms with E-state index in [9.17, 15) is 4.79 Å². The van der Waals surface area contributed by atoms with Crippen LogP contribution in [-0.4, -0.2) is 17.6 Å². The molecule has 6 heteroatoms. The minimum absolute atomic E-state index is 0.231. The second kappa shape index (κ2) is 10.7. The van der Waals surface area contributed by atoms with E-state index in [0.717, 1.165) is 23.4 Å². The fraction of sp³-hybridized carbons (Fsp3) is 0.238. The minimum atomic E-state index is -0.309. The molecule has 0 aliphatic rings. The van der Waals surface area contributed by atoms with Crippen molar-refractivity contribution < 1.29 is 9.53 Å². The van der Waals surface area contributed by atoms with Gasteiger partial charge in [-0.25, -0.2) is 0 Å². The number of hydrogen-bond acceptors (Lipinski definition) is 3. The van der Waals surface area contributed by atoms with E-state index in [1.165, 1.54) is 6.08 Å². The number of ether oxygens (including phenoxy) is 1. The number of halogens is 1. The molecule has 2 N–H and O–H groups in total. The lowest BCUT2D eigenvalue weighted by Gasteiger charge is -2.10. The van der Waals surface area contributed by atoms with E-state index in [-0.39, 0.29) is 11.0 Å². The van der Waals surface area contributed by atoms with Crippen molar-refractivity contribution in [3.05, 3.63) is 65.2 Å². The van der Waals surface area contributed by atoms with Crippen LogP contribution in [0.5, 0.6) is 5.75 Å². The third kappa shape index (κ3) is 8.24. The zero-order valence-electron chi connectivity index (χ0n) is 15.4. The van der Waals surface area contributed by atoms with Crippen molar-refractivity contribution in [1.29, 1.82) is 0 Å². The standard InChI is InChI=1S/C21H23ClN2O2S/c1-15(2)13-14-26-19-10-8-18(9-11-19)23-21(27)24-20(25)12-5-16-3-6-17(22)7-4-16/h3-12,15H,13-14H2,1-2H3,(H2,23,24,25,27)/b12-5+. The maximum Gasteiger partial charge on any atom is 0.250 e. The van der Waals surface area contributed by atoms with Crippen molar-refractivity contribution in [3.8, 4) is 5.75 Å². The number of rotatable bonds is 7. The molecule has 0 radical (unpaired) electrons. The van der Waals surface area contributed by atoms with Gasteiger partial charge in [0, 0.05) is 16.8 Å². The predicted molar refractivity (Wildman–Crippen MR) is 116 cm³/mol. The average Bonchev–Trinajstić information content (AvgIpc) is 2.62. The first-order valence-corrected chi connectivity index (χ1v) is 9.49. The number of anilines is 1. The van der Waals surface area contributed by atoms with Crippen LogP contribution in [0.2, 0.25) is 5.02 Å². The molecule has 0 aromatic heterocycles. The Bertz CT molecular complexity index is 787. The Labute approximate surface area is 170 Å². The molecular formula is C21H23ClN2O2S. The van der Waals surface area contributed by atoms with Gasteiger partial charge < -0.3 is 10.1 Å². The molecule has 0 unspecified atom stereocenters. The van der Waals surface area contributed by atoms with Crippen LogP contribution in [0.25, 0.3) is 6.08 Å². The Morgan fingerprint density at radius 2 is 1.81 bits per heavy atom. The van der Waals surface area contributed by atoms with Crippen molar-refractivity contribution in [1.82, 2.24) is 5.32 Å². The lowest BCUT2D eigenvalue weighted by molar-refractivity contribution is -0.115. The number of nitrogens with one attached hydrogen (secondary N) is 2. The monoisotopic (exact) mass is 402 g/mol. The summed E-state index contributed by atoms with van der Waals surface area (Å²) < 4.78 is 5.67. The second-order valence-electron chi connectivity index (χ2n) is 6.38. The molecule has 2 aromatic rings. The highest BCUT2D eigenvalue weighted by molar-refractivity contribution is 7.80. The molecule has 0 saturated carbocycles. The largest absolute Gasteiger partial charge is 0.494 e. The van der Waals surface area contributed by atoms with Crippen molar-refractivity contribution in [2.24, 2.45) is 5.92 Å². The predicted octanol–water partition coefficient (Wildman–Crippen LogP) is 5.29. The number of hydrogen-bond donors (Lipinski definition) is 2. The summed E-state index contributed by atoms with van der Waals surface area (Å²) in [6, 6.07) is 14.6. The molecule has 2 rings (SSSR count). The minimum Gasteiger partial charge on any atom is -0.494 e. The zero-order chi connectivity index (χ0) is 19.6. The molecule has 0 fully saturated rings. The summed E-state index contributed by atoms with van der Waals surface area (Å²) in [6.45, 7) is 5.02. The normalized spacial score (nSPS) is 10.8. The van der Waals surface area contributed by atoms with Gasteiger partial charge >= 0.3 is 0 Å². The van der Waals surface area contributed by atoms with Crippen LogP contribution in [0.3, 0.4) is 0 Å². The molecule has 1 amide bonds. The van der Waals surface area contributed by atoms with Gasteiger partial charge in [-0.1, -0.05) is 37.6 Å². The Morgan fingerprint density at radius 1 is 1.15 bits per heavy atom. The lowest BCUT2D eigenvalue weighted by atomic mass is 10.1. The first-order chi connectivity index (χ1) is 12.9. The highest BCUT2D eigenvalue weighted by atomic mass is 35.5. The van der Waals surface area contributed by atoms with Gasteiger partial charge in [0.1, 0.15) is 5.75 Å². The summed E-state index contributed by atoms with van der Waals surface area (Å²) in [7, 11) is 0. The third-order valence-corrected chi connectivity index (χ3v) is 4.07. The molecule has 4 nitrogen and oxygen atoms in total. The molecule has 142 valence electrons. The Morgan fingerprint density at radius 3 is 2.44 bits per heavy atom. The van der Waals surface area contributed by atoms with Crippen LogP contribution in [0.1, 0.15) is 25.8 Å². The van der Waals surface area contributed by atoms with E-state index in [1.807, 2.05) is 36.4 Å². The van der Waals surface area contributed by atoms with E-state index < -0.39 is 0 Å². The fourth-order valence-corrected chi connectivity index (χ4v) is 2.45. The number of benzene rings is 2. The highest BCUT2D eigenvalue weighted by Crippen LogP contribution is 2.16. The Balaban J connectivity index is 1.79. The molecule has 0 aliphatic carbocycles. The molecule has 27 heavy (non-hydrogen) atoms. The summed E-state index contributed by atoms with van der Waals surface area (Å²) >= 11 is 11.0. The summed E-state index contributed by atoms with van der Waals surface area (Å²) in [5, 5.41) is 6.46. The molecule has 2 aromatic carbocycles. The lowest BCUT2D eigenvalue weighted by Crippen LogP contribution is -2.32. The number of carbonyl (C=O) groups is 1. The van der Waals surface area contributed by atoms with E-state index in [0.29, 0.717) is 17.5 Å². The van der Waals surface area contributed by atoms with Gasteiger partial charge in [-0.05, 0) is 72.6 Å². The van der Waals surface area contributed by atoms with Crippen LogP contribution in [-0.2, 0) is 4.79 Å². The van der Waals surface area contributed by atoms with Gasteiger partial charge in [0.15, 0.2) is 5.11 Å². The van der Waals surface area contributed by atoms with E-state index >= 15 is 0 Å². The number of thiocarbonyl (C=S) groups is 1. The summed E-state index contributed by atoms with van der Waals surface area (Å²) in [5.41, 5.74) is 1.65. The zero-order valence-corrected chi connectivity index (χ0v) is 16.9. The van der Waals surface area contributed by atoms with E-state index in [2.05, 4.69) is 24.5 Å². The van der Waals surface area contributed by atoms with Crippen molar-refractivity contribution in [2.45, 2.75) is 20.3 Å². The molecule has 0 bridgehead atoms. The van der Waals surface area contributed by atoms with Crippen LogP contribution >= 0.6 is 23.8 Å². The third-order valence-electron chi connectivity index (χ3n) is 3.61. The van der Waals surface area contributed by atoms with E-state index in [1.54, 1.807) is 18.2 Å².